The number of piperazine rings is 1. The van der Waals surface area contributed by atoms with E-state index in [0.717, 1.165) is 24.2 Å². The van der Waals surface area contributed by atoms with Crippen molar-refractivity contribution in [2.75, 3.05) is 26.2 Å². The topological polar surface area (TPSA) is 41.6 Å². The molecule has 1 fully saturated rings. The molecule has 0 saturated carbocycles. The Kier molecular flexibility index (Phi) is 3.99. The first-order valence-corrected chi connectivity index (χ1v) is 6.10. The fourth-order valence-electron chi connectivity index (χ4n) is 1.82. The normalized spacial score (nSPS) is 15.3. The lowest BCUT2D eigenvalue weighted by Gasteiger charge is -2.26. The van der Waals surface area contributed by atoms with Gasteiger partial charge in [-0.1, -0.05) is 24.3 Å². The van der Waals surface area contributed by atoms with Gasteiger partial charge >= 0.3 is 6.09 Å². The third-order valence-electron chi connectivity index (χ3n) is 2.93. The van der Waals surface area contributed by atoms with Crippen molar-refractivity contribution in [3.63, 3.8) is 0 Å². The number of rotatable bonds is 2. The third-order valence-corrected chi connectivity index (χ3v) is 2.93. The number of allylic oxidation sites excluding steroid dienone is 1. The zero-order chi connectivity index (χ0) is 13.0. The fourth-order valence-corrected chi connectivity index (χ4v) is 1.82. The molecule has 1 aromatic rings. The molecule has 1 saturated heterocycles. The summed E-state index contributed by atoms with van der Waals surface area (Å²) < 4.78 is 5.32. The van der Waals surface area contributed by atoms with Crippen LogP contribution in [0.3, 0.4) is 0 Å². The van der Waals surface area contributed by atoms with E-state index in [9.17, 15) is 4.79 Å². The molecule has 4 heteroatoms. The molecule has 1 heterocycles. The van der Waals surface area contributed by atoms with E-state index < -0.39 is 0 Å². The summed E-state index contributed by atoms with van der Waals surface area (Å²) in [5, 5.41) is 3.19. The van der Waals surface area contributed by atoms with Crippen LogP contribution in [0, 0.1) is 0 Å². The predicted octanol–water partition coefficient (Wildman–Crippen LogP) is 2.12. The van der Waals surface area contributed by atoms with Crippen molar-refractivity contribution in [1.29, 1.82) is 0 Å². The number of carbonyl (C=O) groups is 1. The van der Waals surface area contributed by atoms with Crippen molar-refractivity contribution in [2.45, 2.75) is 6.92 Å². The average Bonchev–Trinajstić information content (AvgIpc) is 2.40. The lowest BCUT2D eigenvalue weighted by atomic mass is 10.1. The lowest BCUT2D eigenvalue weighted by Crippen LogP contribution is -2.47. The molecule has 0 spiro atoms. The van der Waals surface area contributed by atoms with Gasteiger partial charge in [0.2, 0.25) is 0 Å². The Morgan fingerprint density at radius 1 is 1.28 bits per heavy atom. The Bertz CT molecular complexity index is 434. The van der Waals surface area contributed by atoms with Crippen LogP contribution < -0.4 is 10.1 Å². The molecule has 18 heavy (non-hydrogen) atoms. The highest BCUT2D eigenvalue weighted by Crippen LogP contribution is 2.17. The number of benzene rings is 1. The fraction of sp³-hybridized carbons (Fsp3) is 0.357. The first-order valence-electron chi connectivity index (χ1n) is 6.10. The van der Waals surface area contributed by atoms with Gasteiger partial charge in [-0.15, -0.1) is 0 Å². The van der Waals surface area contributed by atoms with Crippen LogP contribution in [0.1, 0.15) is 12.5 Å². The number of nitrogens with zero attached hydrogens (tertiary/aromatic N) is 1. The standard InChI is InChI=1S/C14H18N2O2/c1-11(2)12-3-5-13(6-4-12)18-14(17)16-9-7-15-8-10-16/h3-6,15H,1,7-10H2,2H3. The number of nitrogens with one attached hydrogen (secondary N) is 1. The molecule has 0 bridgehead atoms. The number of amides is 1. The summed E-state index contributed by atoms with van der Waals surface area (Å²) in [6.07, 6.45) is -0.278. The van der Waals surface area contributed by atoms with E-state index in [4.69, 9.17) is 4.74 Å². The van der Waals surface area contributed by atoms with Crippen LogP contribution >= 0.6 is 0 Å². The molecular formula is C14H18N2O2. The minimum atomic E-state index is -0.278. The van der Waals surface area contributed by atoms with Crippen molar-refractivity contribution in [2.24, 2.45) is 0 Å². The van der Waals surface area contributed by atoms with Crippen LogP contribution in [0.2, 0.25) is 0 Å². The molecule has 1 amide bonds. The number of hydrogen-bond donors (Lipinski definition) is 1. The van der Waals surface area contributed by atoms with Crippen LogP contribution in [-0.4, -0.2) is 37.2 Å². The van der Waals surface area contributed by atoms with Gasteiger partial charge in [0.05, 0.1) is 0 Å². The molecule has 0 aliphatic carbocycles. The number of carbonyl (C=O) groups excluding carboxylic acids is 1. The van der Waals surface area contributed by atoms with E-state index in [1.165, 1.54) is 0 Å². The molecule has 1 N–H and O–H groups in total. The lowest BCUT2D eigenvalue weighted by molar-refractivity contribution is 0.146. The van der Waals surface area contributed by atoms with Crippen LogP contribution in [-0.2, 0) is 0 Å². The summed E-state index contributed by atoms with van der Waals surface area (Å²) in [6, 6.07) is 7.40. The number of hydrogen-bond acceptors (Lipinski definition) is 3. The van der Waals surface area contributed by atoms with Crippen molar-refractivity contribution < 1.29 is 9.53 Å². The number of ether oxygens (including phenoxy) is 1. The molecule has 1 aliphatic heterocycles. The second-order valence-electron chi connectivity index (χ2n) is 4.41. The van der Waals surface area contributed by atoms with Crippen molar-refractivity contribution in [3.8, 4) is 5.75 Å². The zero-order valence-electron chi connectivity index (χ0n) is 10.6. The molecule has 0 unspecified atom stereocenters. The summed E-state index contributed by atoms with van der Waals surface area (Å²) in [5.41, 5.74) is 2.05. The molecular weight excluding hydrogens is 228 g/mol. The minimum absolute atomic E-state index is 0.278. The molecule has 1 aromatic carbocycles. The first kappa shape index (κ1) is 12.6. The molecule has 96 valence electrons. The van der Waals surface area contributed by atoms with E-state index in [1.54, 1.807) is 17.0 Å². The van der Waals surface area contributed by atoms with Crippen molar-refractivity contribution >= 4 is 11.7 Å². The van der Waals surface area contributed by atoms with Crippen LogP contribution in [0.25, 0.3) is 5.57 Å². The maximum Gasteiger partial charge on any atom is 0.415 e. The van der Waals surface area contributed by atoms with Gasteiger partial charge in [0.15, 0.2) is 0 Å². The summed E-state index contributed by atoms with van der Waals surface area (Å²) >= 11 is 0. The smallest absolute Gasteiger partial charge is 0.410 e. The van der Waals surface area contributed by atoms with Crippen LogP contribution in [0.5, 0.6) is 5.75 Å². The highest BCUT2D eigenvalue weighted by atomic mass is 16.6. The largest absolute Gasteiger partial charge is 0.415 e. The highest BCUT2D eigenvalue weighted by molar-refractivity contribution is 5.71. The SMILES string of the molecule is C=C(C)c1ccc(OC(=O)N2CCNCC2)cc1. The summed E-state index contributed by atoms with van der Waals surface area (Å²) in [4.78, 5) is 13.6. The van der Waals surface area contributed by atoms with Gasteiger partial charge in [-0.05, 0) is 24.6 Å². The van der Waals surface area contributed by atoms with Crippen molar-refractivity contribution in [3.05, 3.63) is 36.4 Å². The van der Waals surface area contributed by atoms with Gasteiger partial charge in [-0.2, -0.15) is 0 Å². The van der Waals surface area contributed by atoms with Gasteiger partial charge in [0.1, 0.15) is 5.75 Å². The maximum absolute atomic E-state index is 11.8. The first-order chi connectivity index (χ1) is 8.66. The summed E-state index contributed by atoms with van der Waals surface area (Å²) in [5.74, 6) is 0.573. The quantitative estimate of drug-likeness (QED) is 0.869. The van der Waals surface area contributed by atoms with E-state index >= 15 is 0 Å². The van der Waals surface area contributed by atoms with E-state index in [-0.39, 0.29) is 6.09 Å². The second-order valence-corrected chi connectivity index (χ2v) is 4.41. The monoisotopic (exact) mass is 246 g/mol. The minimum Gasteiger partial charge on any atom is -0.410 e. The Labute approximate surface area is 107 Å². The molecule has 0 radical (unpaired) electrons. The second kappa shape index (κ2) is 5.69. The Morgan fingerprint density at radius 3 is 2.44 bits per heavy atom. The Morgan fingerprint density at radius 2 is 1.89 bits per heavy atom. The Balaban J connectivity index is 1.96. The zero-order valence-corrected chi connectivity index (χ0v) is 10.6. The van der Waals surface area contributed by atoms with Crippen molar-refractivity contribution in [1.82, 2.24) is 10.2 Å². The van der Waals surface area contributed by atoms with Crippen LogP contribution in [0.15, 0.2) is 30.8 Å². The molecule has 2 rings (SSSR count). The van der Waals surface area contributed by atoms with Gasteiger partial charge in [-0.3, -0.25) is 0 Å². The van der Waals surface area contributed by atoms with Gasteiger partial charge in [-0.25, -0.2) is 4.79 Å². The van der Waals surface area contributed by atoms with E-state index in [1.807, 2.05) is 19.1 Å². The average molecular weight is 246 g/mol. The predicted molar refractivity (Wildman–Crippen MR) is 71.6 cm³/mol. The third kappa shape index (κ3) is 3.11. The van der Waals surface area contributed by atoms with E-state index in [2.05, 4.69) is 11.9 Å². The van der Waals surface area contributed by atoms with Gasteiger partial charge in [0, 0.05) is 26.2 Å². The van der Waals surface area contributed by atoms with Crippen LogP contribution in [0.4, 0.5) is 4.79 Å². The van der Waals surface area contributed by atoms with Gasteiger partial charge in [0.25, 0.3) is 0 Å². The highest BCUT2D eigenvalue weighted by Gasteiger charge is 2.17. The summed E-state index contributed by atoms with van der Waals surface area (Å²) in [6.45, 7) is 8.85. The molecule has 0 atom stereocenters. The Hall–Kier alpha value is -1.81. The molecule has 0 aromatic heterocycles. The van der Waals surface area contributed by atoms with E-state index in [0.29, 0.717) is 18.8 Å². The molecule has 1 aliphatic rings. The maximum atomic E-state index is 11.8. The van der Waals surface area contributed by atoms with Gasteiger partial charge < -0.3 is 15.0 Å². The molecule has 4 nitrogen and oxygen atoms in total. The summed E-state index contributed by atoms with van der Waals surface area (Å²) in [7, 11) is 0.